The van der Waals surface area contributed by atoms with Crippen molar-refractivity contribution in [2.24, 2.45) is 0 Å². The summed E-state index contributed by atoms with van der Waals surface area (Å²) in [5.41, 5.74) is 1.83. The molecule has 1 aliphatic carbocycles. The smallest absolute Gasteiger partial charge is 0.0991 e. The maximum atomic E-state index is 10.0. The predicted octanol–water partition coefficient (Wildman–Crippen LogP) is 2.29. The molecule has 0 radical (unpaired) electrons. The molecule has 2 rings (SSSR count). The van der Waals surface area contributed by atoms with Gasteiger partial charge < -0.3 is 5.11 Å². The van der Waals surface area contributed by atoms with Crippen LogP contribution in [0.25, 0.3) is 0 Å². The van der Waals surface area contributed by atoms with Gasteiger partial charge in [-0.3, -0.25) is 4.90 Å². The van der Waals surface area contributed by atoms with Crippen LogP contribution in [0.5, 0.6) is 0 Å². The minimum atomic E-state index is -0.206. The highest BCUT2D eigenvalue weighted by atomic mass is 16.3. The Morgan fingerprint density at radius 1 is 1.39 bits per heavy atom. The number of hydrogen-bond acceptors (Lipinski definition) is 3. The van der Waals surface area contributed by atoms with Gasteiger partial charge in [0.2, 0.25) is 0 Å². The first-order chi connectivity index (χ1) is 8.70. The zero-order chi connectivity index (χ0) is 13.0. The predicted molar refractivity (Wildman–Crippen MR) is 70.9 cm³/mol. The number of nitrogens with zero attached hydrogens (tertiary/aromatic N) is 2. The fourth-order valence-electron chi connectivity index (χ4n) is 2.75. The second-order valence-electron chi connectivity index (χ2n) is 5.15. The highest BCUT2D eigenvalue weighted by molar-refractivity contribution is 5.32. The van der Waals surface area contributed by atoms with E-state index in [2.05, 4.69) is 18.0 Å². The summed E-state index contributed by atoms with van der Waals surface area (Å²) in [4.78, 5) is 2.21. The average Bonchev–Trinajstić information content (AvgIpc) is 2.39. The van der Waals surface area contributed by atoms with Crippen LogP contribution in [-0.4, -0.2) is 29.2 Å². The van der Waals surface area contributed by atoms with Gasteiger partial charge in [-0.25, -0.2) is 0 Å². The summed E-state index contributed by atoms with van der Waals surface area (Å²) in [5, 5.41) is 18.9. The molecule has 0 aromatic heterocycles. The van der Waals surface area contributed by atoms with Crippen LogP contribution >= 0.6 is 0 Å². The summed E-state index contributed by atoms with van der Waals surface area (Å²) in [6.45, 7) is 0.789. The lowest BCUT2D eigenvalue weighted by Gasteiger charge is -2.35. The number of benzene rings is 1. The van der Waals surface area contributed by atoms with Gasteiger partial charge in [-0.1, -0.05) is 25.0 Å². The molecule has 1 aromatic carbocycles. The number of rotatable bonds is 3. The molecule has 0 aliphatic heterocycles. The number of nitriles is 1. The van der Waals surface area contributed by atoms with E-state index in [1.807, 2.05) is 24.3 Å². The average molecular weight is 244 g/mol. The summed E-state index contributed by atoms with van der Waals surface area (Å²) in [6.07, 6.45) is 4.10. The quantitative estimate of drug-likeness (QED) is 0.887. The molecule has 1 aliphatic rings. The Morgan fingerprint density at radius 2 is 2.17 bits per heavy atom. The molecule has 1 fully saturated rings. The van der Waals surface area contributed by atoms with Crippen molar-refractivity contribution in [3.63, 3.8) is 0 Å². The van der Waals surface area contributed by atoms with Gasteiger partial charge in [-0.15, -0.1) is 0 Å². The van der Waals surface area contributed by atoms with Crippen molar-refractivity contribution < 1.29 is 5.11 Å². The lowest BCUT2D eigenvalue weighted by atomic mass is 9.91. The maximum Gasteiger partial charge on any atom is 0.0991 e. The third-order valence-corrected chi connectivity index (χ3v) is 3.75. The fourth-order valence-corrected chi connectivity index (χ4v) is 2.75. The standard InChI is InChI=1S/C15H20N2O/c1-17(14-7-2-3-8-15(14)18)11-13-6-4-5-12(9-13)10-16/h4-6,9,14-15,18H,2-3,7-8,11H2,1H3/t14-,15-/m0/s1. The summed E-state index contributed by atoms with van der Waals surface area (Å²) in [7, 11) is 2.05. The van der Waals surface area contributed by atoms with Crippen molar-refractivity contribution >= 4 is 0 Å². The van der Waals surface area contributed by atoms with Gasteiger partial charge in [0.25, 0.3) is 0 Å². The van der Waals surface area contributed by atoms with Gasteiger partial charge in [-0.2, -0.15) is 5.26 Å². The number of aliphatic hydroxyl groups excluding tert-OH is 1. The van der Waals surface area contributed by atoms with Crippen LogP contribution in [0, 0.1) is 11.3 Å². The molecule has 0 bridgehead atoms. The van der Waals surface area contributed by atoms with E-state index < -0.39 is 0 Å². The Labute approximate surface area is 109 Å². The Balaban J connectivity index is 2.01. The monoisotopic (exact) mass is 244 g/mol. The second-order valence-corrected chi connectivity index (χ2v) is 5.15. The molecule has 1 N–H and O–H groups in total. The van der Waals surface area contributed by atoms with Gasteiger partial charge in [-0.05, 0) is 37.6 Å². The zero-order valence-corrected chi connectivity index (χ0v) is 10.8. The molecule has 0 heterocycles. The first-order valence-electron chi connectivity index (χ1n) is 6.58. The second kappa shape index (κ2) is 5.99. The molecule has 0 amide bonds. The number of likely N-dealkylation sites (N-methyl/N-ethyl adjacent to an activating group) is 1. The van der Waals surface area contributed by atoms with Crippen LogP contribution < -0.4 is 0 Å². The van der Waals surface area contributed by atoms with E-state index in [0.717, 1.165) is 31.4 Å². The van der Waals surface area contributed by atoms with Crippen molar-refractivity contribution in [3.8, 4) is 6.07 Å². The molecule has 18 heavy (non-hydrogen) atoms. The van der Waals surface area contributed by atoms with E-state index >= 15 is 0 Å². The van der Waals surface area contributed by atoms with E-state index in [1.54, 1.807) is 0 Å². The van der Waals surface area contributed by atoms with Gasteiger partial charge in [0.15, 0.2) is 0 Å². The Kier molecular flexibility index (Phi) is 4.35. The molecule has 0 spiro atoms. The van der Waals surface area contributed by atoms with E-state index in [4.69, 9.17) is 5.26 Å². The van der Waals surface area contributed by atoms with Crippen molar-refractivity contribution in [1.29, 1.82) is 5.26 Å². The van der Waals surface area contributed by atoms with E-state index in [0.29, 0.717) is 5.56 Å². The molecule has 0 unspecified atom stereocenters. The van der Waals surface area contributed by atoms with Crippen molar-refractivity contribution in [1.82, 2.24) is 4.90 Å². The molecule has 3 heteroatoms. The number of aliphatic hydroxyl groups is 1. The molecule has 2 atom stereocenters. The third kappa shape index (κ3) is 3.10. The van der Waals surface area contributed by atoms with Crippen LogP contribution in [0.4, 0.5) is 0 Å². The molecular weight excluding hydrogens is 224 g/mol. The molecule has 1 saturated carbocycles. The van der Waals surface area contributed by atoms with E-state index in [-0.39, 0.29) is 12.1 Å². The van der Waals surface area contributed by atoms with E-state index in [9.17, 15) is 5.11 Å². The summed E-state index contributed by atoms with van der Waals surface area (Å²) < 4.78 is 0. The molecule has 3 nitrogen and oxygen atoms in total. The molecule has 96 valence electrons. The van der Waals surface area contributed by atoms with Crippen LogP contribution in [-0.2, 0) is 6.54 Å². The Bertz CT molecular complexity index is 438. The fraction of sp³-hybridized carbons (Fsp3) is 0.533. The maximum absolute atomic E-state index is 10.0. The van der Waals surface area contributed by atoms with Gasteiger partial charge >= 0.3 is 0 Å². The van der Waals surface area contributed by atoms with Crippen LogP contribution in [0.2, 0.25) is 0 Å². The normalized spacial score (nSPS) is 23.9. The SMILES string of the molecule is CN(Cc1cccc(C#N)c1)[C@H]1CCCC[C@@H]1O. The lowest BCUT2D eigenvalue weighted by Crippen LogP contribution is -2.42. The van der Waals surface area contributed by atoms with E-state index in [1.165, 1.54) is 6.42 Å². The molecule has 0 saturated heterocycles. The van der Waals surface area contributed by atoms with Gasteiger partial charge in [0, 0.05) is 12.6 Å². The summed E-state index contributed by atoms with van der Waals surface area (Å²) >= 11 is 0. The van der Waals surface area contributed by atoms with Crippen LogP contribution in [0.3, 0.4) is 0 Å². The minimum absolute atomic E-state index is 0.206. The molecule has 1 aromatic rings. The number of hydrogen-bond donors (Lipinski definition) is 1. The van der Waals surface area contributed by atoms with Gasteiger partial charge in [0.05, 0.1) is 17.7 Å². The largest absolute Gasteiger partial charge is 0.391 e. The van der Waals surface area contributed by atoms with Crippen molar-refractivity contribution in [2.45, 2.75) is 44.4 Å². The molecular formula is C15H20N2O. The first kappa shape index (κ1) is 13.1. The van der Waals surface area contributed by atoms with Gasteiger partial charge in [0.1, 0.15) is 0 Å². The van der Waals surface area contributed by atoms with Crippen molar-refractivity contribution in [2.75, 3.05) is 7.05 Å². The van der Waals surface area contributed by atoms with Crippen LogP contribution in [0.15, 0.2) is 24.3 Å². The Morgan fingerprint density at radius 3 is 2.89 bits per heavy atom. The lowest BCUT2D eigenvalue weighted by molar-refractivity contribution is 0.0288. The highest BCUT2D eigenvalue weighted by Crippen LogP contribution is 2.23. The summed E-state index contributed by atoms with van der Waals surface area (Å²) in [6, 6.07) is 10.1. The zero-order valence-electron chi connectivity index (χ0n) is 10.8. The summed E-state index contributed by atoms with van der Waals surface area (Å²) in [5.74, 6) is 0. The van der Waals surface area contributed by atoms with Crippen molar-refractivity contribution in [3.05, 3.63) is 35.4 Å². The third-order valence-electron chi connectivity index (χ3n) is 3.75. The highest BCUT2D eigenvalue weighted by Gasteiger charge is 2.26. The van der Waals surface area contributed by atoms with Crippen LogP contribution in [0.1, 0.15) is 36.8 Å². The topological polar surface area (TPSA) is 47.3 Å². The first-order valence-corrected chi connectivity index (χ1v) is 6.58. The Hall–Kier alpha value is -1.37. The minimum Gasteiger partial charge on any atom is -0.391 e.